The Kier molecular flexibility index (Phi) is 7.09. The molecule has 0 unspecified atom stereocenters. The van der Waals surface area contributed by atoms with E-state index in [1.807, 2.05) is 18.2 Å². The molecule has 1 aromatic rings. The Morgan fingerprint density at radius 3 is 2.38 bits per heavy atom. The third-order valence-corrected chi connectivity index (χ3v) is 6.75. The van der Waals surface area contributed by atoms with Crippen molar-refractivity contribution in [3.63, 3.8) is 0 Å². The number of allylic oxidation sites excluding steroid dienone is 1. The molecule has 5 nitrogen and oxygen atoms in total. The highest BCUT2D eigenvalue weighted by Gasteiger charge is 2.50. The SMILES string of the molecule is N=C(/C=C\NCCO)C12CCC(c3ccc(OC/C(=C/F)CN)cc3)(CC1)CC2. The van der Waals surface area contributed by atoms with E-state index in [1.54, 1.807) is 6.20 Å². The second-order valence-corrected chi connectivity index (χ2v) is 8.27. The lowest BCUT2D eigenvalue weighted by Crippen LogP contribution is -2.47. The van der Waals surface area contributed by atoms with Crippen molar-refractivity contribution in [1.82, 2.24) is 5.32 Å². The van der Waals surface area contributed by atoms with Gasteiger partial charge in [-0.15, -0.1) is 0 Å². The summed E-state index contributed by atoms with van der Waals surface area (Å²) in [5, 5.41) is 20.4. The first-order valence-electron chi connectivity index (χ1n) is 10.4. The van der Waals surface area contributed by atoms with Gasteiger partial charge in [0.1, 0.15) is 12.4 Å². The molecular weight excluding hydrogens is 369 g/mol. The predicted molar refractivity (Wildman–Crippen MR) is 114 cm³/mol. The predicted octanol–water partition coefficient (Wildman–Crippen LogP) is 3.58. The molecule has 0 amide bonds. The number of benzene rings is 1. The van der Waals surface area contributed by atoms with Gasteiger partial charge in [-0.1, -0.05) is 12.1 Å². The van der Waals surface area contributed by atoms with E-state index in [4.69, 9.17) is 21.0 Å². The van der Waals surface area contributed by atoms with Crippen LogP contribution in [0.15, 0.2) is 48.4 Å². The summed E-state index contributed by atoms with van der Waals surface area (Å²) < 4.78 is 18.2. The molecule has 3 fully saturated rings. The topological polar surface area (TPSA) is 91.4 Å². The fourth-order valence-electron chi connectivity index (χ4n) is 4.71. The van der Waals surface area contributed by atoms with Crippen LogP contribution in [0.1, 0.15) is 44.1 Å². The largest absolute Gasteiger partial charge is 0.489 e. The fraction of sp³-hybridized carbons (Fsp3) is 0.522. The molecule has 29 heavy (non-hydrogen) atoms. The average molecular weight is 402 g/mol. The van der Waals surface area contributed by atoms with Gasteiger partial charge in [0.25, 0.3) is 0 Å². The van der Waals surface area contributed by atoms with Gasteiger partial charge in [-0.2, -0.15) is 0 Å². The smallest absolute Gasteiger partial charge is 0.119 e. The summed E-state index contributed by atoms with van der Waals surface area (Å²) in [6.07, 6.45) is 10.6. The van der Waals surface area contributed by atoms with Gasteiger partial charge in [-0.3, -0.25) is 0 Å². The summed E-state index contributed by atoms with van der Waals surface area (Å²) in [4.78, 5) is 0. The van der Waals surface area contributed by atoms with Crippen LogP contribution >= 0.6 is 0 Å². The van der Waals surface area contributed by atoms with Crippen LogP contribution in [-0.4, -0.2) is 37.1 Å². The monoisotopic (exact) mass is 401 g/mol. The maximum absolute atomic E-state index is 12.6. The molecule has 3 aliphatic carbocycles. The Morgan fingerprint density at radius 2 is 1.83 bits per heavy atom. The molecule has 0 aliphatic heterocycles. The molecule has 0 saturated heterocycles. The number of aliphatic hydroxyl groups excluding tert-OH is 1. The van der Waals surface area contributed by atoms with E-state index in [0.717, 1.165) is 44.3 Å². The zero-order chi connectivity index (χ0) is 20.7. The average Bonchev–Trinajstić information content (AvgIpc) is 2.79. The van der Waals surface area contributed by atoms with Crippen LogP contribution in [0.4, 0.5) is 4.39 Å². The molecule has 5 N–H and O–H groups in total. The highest BCUT2D eigenvalue weighted by Crippen LogP contribution is 2.58. The maximum Gasteiger partial charge on any atom is 0.119 e. The molecule has 6 heteroatoms. The summed E-state index contributed by atoms with van der Waals surface area (Å²) in [5.74, 6) is 0.723. The van der Waals surface area contributed by atoms with Crippen molar-refractivity contribution >= 4 is 5.71 Å². The van der Waals surface area contributed by atoms with Gasteiger partial charge in [-0.05, 0) is 73.9 Å². The first-order chi connectivity index (χ1) is 14.1. The summed E-state index contributed by atoms with van der Waals surface area (Å²) in [7, 11) is 0. The van der Waals surface area contributed by atoms with E-state index in [0.29, 0.717) is 24.2 Å². The number of ether oxygens (including phenoxy) is 1. The van der Waals surface area contributed by atoms with Gasteiger partial charge in [0.15, 0.2) is 0 Å². The number of nitrogens with two attached hydrogens (primary N) is 1. The van der Waals surface area contributed by atoms with Crippen molar-refractivity contribution in [2.24, 2.45) is 11.1 Å². The number of rotatable bonds is 10. The lowest BCUT2D eigenvalue weighted by molar-refractivity contribution is 0.0942. The molecular formula is C23H32FN3O2. The van der Waals surface area contributed by atoms with Gasteiger partial charge in [0.2, 0.25) is 0 Å². The summed E-state index contributed by atoms with van der Waals surface area (Å²) in [6, 6.07) is 8.20. The van der Waals surface area contributed by atoms with Gasteiger partial charge in [0.05, 0.1) is 12.9 Å². The zero-order valence-electron chi connectivity index (χ0n) is 16.9. The molecule has 0 spiro atoms. The minimum absolute atomic E-state index is 0.000475. The molecule has 4 rings (SSSR count). The van der Waals surface area contributed by atoms with E-state index >= 15 is 0 Å². The standard InChI is InChI=1S/C23H32FN3O2/c24-15-18(16-25)17-29-20-3-1-19(2-4-20)22-6-9-23(10-7-22,11-8-22)21(26)5-12-27-13-14-28/h1-5,12,15,26-28H,6-11,13-14,16-17,25H2/b12-5-,18-15+,26-21?. The van der Waals surface area contributed by atoms with E-state index in [1.165, 1.54) is 5.56 Å². The normalized spacial score (nSPS) is 26.7. The number of hydrogen-bond donors (Lipinski definition) is 4. The first kappa shape index (κ1) is 21.5. The minimum atomic E-state index is -0.000475. The number of aliphatic hydroxyl groups is 1. The molecule has 0 aromatic heterocycles. The molecule has 158 valence electrons. The van der Waals surface area contributed by atoms with Gasteiger partial charge in [0, 0.05) is 29.8 Å². The molecule has 3 saturated carbocycles. The summed E-state index contributed by atoms with van der Waals surface area (Å²) in [5.41, 5.74) is 8.13. The molecule has 1 aromatic carbocycles. The van der Waals surface area contributed by atoms with E-state index < -0.39 is 0 Å². The quantitative estimate of drug-likeness (QED) is 0.356. The Balaban J connectivity index is 1.60. The summed E-state index contributed by atoms with van der Waals surface area (Å²) >= 11 is 0. The Hall–Kier alpha value is -2.18. The molecule has 2 bridgehead atoms. The first-order valence-corrected chi connectivity index (χ1v) is 10.4. The van der Waals surface area contributed by atoms with Crippen LogP contribution in [0.5, 0.6) is 5.75 Å². The molecule has 0 heterocycles. The maximum atomic E-state index is 12.6. The minimum Gasteiger partial charge on any atom is -0.489 e. The van der Waals surface area contributed by atoms with E-state index in [2.05, 4.69) is 17.4 Å². The fourth-order valence-corrected chi connectivity index (χ4v) is 4.71. The van der Waals surface area contributed by atoms with Gasteiger partial charge < -0.3 is 26.3 Å². The number of nitrogens with one attached hydrogen (secondary N) is 2. The number of fused-ring (bicyclic) bond motifs is 3. The van der Waals surface area contributed by atoms with Crippen LogP contribution in [-0.2, 0) is 5.41 Å². The number of hydrogen-bond acceptors (Lipinski definition) is 5. The van der Waals surface area contributed by atoms with Crippen LogP contribution in [0.3, 0.4) is 0 Å². The van der Waals surface area contributed by atoms with Crippen molar-refractivity contribution in [2.75, 3.05) is 26.3 Å². The van der Waals surface area contributed by atoms with Crippen molar-refractivity contribution in [3.05, 3.63) is 54.0 Å². The van der Waals surface area contributed by atoms with Crippen molar-refractivity contribution < 1.29 is 14.2 Å². The molecule has 3 aliphatic rings. The third kappa shape index (κ3) is 4.70. The second kappa shape index (κ2) is 9.55. The van der Waals surface area contributed by atoms with Crippen LogP contribution in [0, 0.1) is 10.8 Å². The zero-order valence-corrected chi connectivity index (χ0v) is 16.9. The Labute approximate surface area is 172 Å². The Morgan fingerprint density at radius 1 is 1.17 bits per heavy atom. The number of halogens is 1. The van der Waals surface area contributed by atoms with Crippen LogP contribution in [0.25, 0.3) is 0 Å². The van der Waals surface area contributed by atoms with Crippen LogP contribution in [0.2, 0.25) is 0 Å². The van der Waals surface area contributed by atoms with Crippen molar-refractivity contribution in [3.8, 4) is 5.75 Å². The van der Waals surface area contributed by atoms with Crippen LogP contribution < -0.4 is 15.8 Å². The van der Waals surface area contributed by atoms with E-state index in [-0.39, 0.29) is 30.6 Å². The molecule has 0 radical (unpaired) electrons. The van der Waals surface area contributed by atoms with Crippen molar-refractivity contribution in [2.45, 2.75) is 43.9 Å². The van der Waals surface area contributed by atoms with E-state index in [9.17, 15) is 4.39 Å². The highest BCUT2D eigenvalue weighted by atomic mass is 19.1. The van der Waals surface area contributed by atoms with Gasteiger partial charge >= 0.3 is 0 Å². The molecule has 0 atom stereocenters. The Bertz CT molecular complexity index is 733. The second-order valence-electron chi connectivity index (χ2n) is 8.27. The lowest BCUT2D eigenvalue weighted by Gasteiger charge is -2.53. The van der Waals surface area contributed by atoms with Crippen molar-refractivity contribution in [1.29, 1.82) is 5.41 Å². The summed E-state index contributed by atoms with van der Waals surface area (Å²) in [6.45, 7) is 0.928. The lowest BCUT2D eigenvalue weighted by atomic mass is 9.50. The highest BCUT2D eigenvalue weighted by molar-refractivity contribution is 5.97. The van der Waals surface area contributed by atoms with Gasteiger partial charge in [-0.25, -0.2) is 4.39 Å². The third-order valence-electron chi connectivity index (χ3n) is 6.75.